The molecule has 0 aliphatic rings. The van der Waals surface area contributed by atoms with E-state index in [2.05, 4.69) is 19.5 Å². The number of anilines is 2. The third kappa shape index (κ3) is 3.11. The number of nitrogens with zero attached hydrogens (tertiary/aromatic N) is 3. The zero-order valence-electron chi connectivity index (χ0n) is 8.57. The highest BCUT2D eigenvalue weighted by molar-refractivity contribution is 7.92. The maximum Gasteiger partial charge on any atom is 0.238 e. The van der Waals surface area contributed by atoms with Crippen molar-refractivity contribution in [1.82, 2.24) is 14.8 Å². The second-order valence-corrected chi connectivity index (χ2v) is 5.68. The van der Waals surface area contributed by atoms with Crippen molar-refractivity contribution in [3.63, 3.8) is 0 Å². The number of rotatable bonds is 4. The molecule has 0 fully saturated rings. The molecule has 0 aliphatic heterocycles. The highest BCUT2D eigenvalue weighted by Gasteiger charge is 2.15. The molecule has 0 spiro atoms. The summed E-state index contributed by atoms with van der Waals surface area (Å²) < 4.78 is 29.3. The monoisotopic (exact) mass is 271 g/mol. The summed E-state index contributed by atoms with van der Waals surface area (Å²) in [5.74, 6) is -0.209. The quantitative estimate of drug-likeness (QED) is 0.781. The number of para-hydroxylation sites is 1. The van der Waals surface area contributed by atoms with Crippen molar-refractivity contribution in [2.75, 3.05) is 10.5 Å². The number of sulfonamides is 1. The van der Waals surface area contributed by atoms with Crippen LogP contribution in [-0.4, -0.2) is 23.2 Å². The van der Waals surface area contributed by atoms with Gasteiger partial charge in [-0.2, -0.15) is 0 Å². The van der Waals surface area contributed by atoms with Gasteiger partial charge in [-0.3, -0.25) is 4.72 Å². The van der Waals surface area contributed by atoms with Crippen LogP contribution in [0, 0.1) is 0 Å². The fourth-order valence-electron chi connectivity index (χ4n) is 1.21. The number of hydrogen-bond acceptors (Lipinski definition) is 7. The van der Waals surface area contributed by atoms with Crippen molar-refractivity contribution in [3.05, 3.63) is 29.8 Å². The van der Waals surface area contributed by atoms with Crippen LogP contribution in [0.3, 0.4) is 0 Å². The molecule has 3 N–H and O–H groups in total. The molecular formula is C8H9N5O2S2. The largest absolute Gasteiger partial charge is 0.398 e. The minimum absolute atomic E-state index is 0.138. The lowest BCUT2D eigenvalue weighted by Gasteiger charge is -2.06. The molecule has 2 rings (SSSR count). The van der Waals surface area contributed by atoms with Crippen LogP contribution >= 0.6 is 11.5 Å². The van der Waals surface area contributed by atoms with Crippen LogP contribution in [0.1, 0.15) is 5.56 Å². The van der Waals surface area contributed by atoms with Crippen LogP contribution in [0.15, 0.2) is 24.3 Å². The Balaban J connectivity index is 2.16. The average molecular weight is 271 g/mol. The molecule has 0 aliphatic carbocycles. The van der Waals surface area contributed by atoms with Gasteiger partial charge in [0.15, 0.2) is 0 Å². The van der Waals surface area contributed by atoms with E-state index in [1.54, 1.807) is 24.3 Å². The zero-order chi connectivity index (χ0) is 12.3. The van der Waals surface area contributed by atoms with Crippen molar-refractivity contribution in [3.8, 4) is 0 Å². The molecule has 0 saturated carbocycles. The Morgan fingerprint density at radius 1 is 1.35 bits per heavy atom. The number of aromatic nitrogens is 3. The third-order valence-corrected chi connectivity index (χ3v) is 3.78. The highest BCUT2D eigenvalue weighted by atomic mass is 32.2. The van der Waals surface area contributed by atoms with Gasteiger partial charge in [0, 0.05) is 17.2 Å². The number of nitrogens with two attached hydrogens (primary N) is 1. The summed E-state index contributed by atoms with van der Waals surface area (Å²) in [5, 5.41) is 6.94. The standard InChI is InChI=1S/C8H9N5O2S2/c9-7-4-2-1-3-6(7)5-17(14,15)11-8-10-12-13-16-8/h1-4H,5,9H2,(H,10,11,13). The summed E-state index contributed by atoms with van der Waals surface area (Å²) in [4.78, 5) is 0. The Morgan fingerprint density at radius 2 is 2.12 bits per heavy atom. The van der Waals surface area contributed by atoms with Gasteiger partial charge in [0.2, 0.25) is 15.2 Å². The lowest BCUT2D eigenvalue weighted by molar-refractivity contribution is 0.600. The van der Waals surface area contributed by atoms with E-state index in [0.29, 0.717) is 11.3 Å². The van der Waals surface area contributed by atoms with E-state index < -0.39 is 10.0 Å². The van der Waals surface area contributed by atoms with Gasteiger partial charge in [-0.15, -0.1) is 0 Å². The highest BCUT2D eigenvalue weighted by Crippen LogP contribution is 2.16. The second kappa shape index (κ2) is 4.63. The SMILES string of the molecule is Nc1ccccc1CS(=O)(=O)Nc1nnns1. The Labute approximate surface area is 102 Å². The second-order valence-electron chi connectivity index (χ2n) is 3.23. The Kier molecular flexibility index (Phi) is 3.20. The normalized spacial score (nSPS) is 11.3. The molecule has 0 amide bonds. The Hall–Kier alpha value is -1.74. The first-order valence-corrected chi connectivity index (χ1v) is 6.98. The van der Waals surface area contributed by atoms with Gasteiger partial charge >= 0.3 is 0 Å². The first-order valence-electron chi connectivity index (χ1n) is 4.56. The molecule has 0 unspecified atom stereocenters. The van der Waals surface area contributed by atoms with Crippen molar-refractivity contribution in [1.29, 1.82) is 0 Å². The summed E-state index contributed by atoms with van der Waals surface area (Å²) >= 11 is 0.871. The minimum Gasteiger partial charge on any atom is -0.398 e. The molecule has 0 saturated heterocycles. The molecule has 0 bridgehead atoms. The maximum atomic E-state index is 11.8. The van der Waals surface area contributed by atoms with Crippen LogP contribution in [0.2, 0.25) is 0 Å². The number of nitrogen functional groups attached to an aromatic ring is 1. The Bertz CT molecular complexity index is 596. The van der Waals surface area contributed by atoms with E-state index in [1.807, 2.05) is 0 Å². The summed E-state index contributed by atoms with van der Waals surface area (Å²) in [6, 6.07) is 6.78. The summed E-state index contributed by atoms with van der Waals surface area (Å²) in [7, 11) is -3.54. The molecule has 1 aromatic carbocycles. The molecule has 2 aromatic rings. The fraction of sp³-hybridized carbons (Fsp3) is 0.125. The van der Waals surface area contributed by atoms with Gasteiger partial charge in [-0.1, -0.05) is 27.8 Å². The minimum atomic E-state index is -3.54. The van der Waals surface area contributed by atoms with Gasteiger partial charge < -0.3 is 5.73 Å². The number of hydrogen-bond donors (Lipinski definition) is 2. The first-order chi connectivity index (χ1) is 8.07. The van der Waals surface area contributed by atoms with Crippen molar-refractivity contribution in [2.24, 2.45) is 0 Å². The Morgan fingerprint density at radius 3 is 2.76 bits per heavy atom. The smallest absolute Gasteiger partial charge is 0.238 e. The van der Waals surface area contributed by atoms with Crippen LogP contribution in [0.25, 0.3) is 0 Å². The van der Waals surface area contributed by atoms with Gasteiger partial charge in [0.25, 0.3) is 0 Å². The summed E-state index contributed by atoms with van der Waals surface area (Å²) in [6.07, 6.45) is 0. The molecular weight excluding hydrogens is 262 g/mol. The maximum absolute atomic E-state index is 11.8. The van der Waals surface area contributed by atoms with E-state index in [0.717, 1.165) is 11.5 Å². The third-order valence-electron chi connectivity index (χ3n) is 1.94. The zero-order valence-corrected chi connectivity index (χ0v) is 10.2. The van der Waals surface area contributed by atoms with Gasteiger partial charge in [0.1, 0.15) is 0 Å². The van der Waals surface area contributed by atoms with E-state index in [9.17, 15) is 8.42 Å². The molecule has 1 heterocycles. The van der Waals surface area contributed by atoms with Crippen molar-refractivity contribution >= 4 is 32.4 Å². The molecule has 17 heavy (non-hydrogen) atoms. The van der Waals surface area contributed by atoms with Gasteiger partial charge in [0.05, 0.1) is 5.75 Å². The van der Waals surface area contributed by atoms with Crippen molar-refractivity contribution < 1.29 is 8.42 Å². The van der Waals surface area contributed by atoms with Crippen LogP contribution in [0.5, 0.6) is 0 Å². The van der Waals surface area contributed by atoms with E-state index in [1.165, 1.54) is 0 Å². The van der Waals surface area contributed by atoms with Crippen LogP contribution in [-0.2, 0) is 15.8 Å². The average Bonchev–Trinajstić information content (AvgIpc) is 2.73. The predicted octanol–water partition coefficient (Wildman–Crippen LogP) is 0.457. The number of nitrogens with one attached hydrogen (secondary N) is 1. The lowest BCUT2D eigenvalue weighted by Crippen LogP contribution is -2.15. The first kappa shape index (κ1) is 11.7. The van der Waals surface area contributed by atoms with Gasteiger partial charge in [-0.25, -0.2) is 8.42 Å². The molecule has 0 radical (unpaired) electrons. The molecule has 7 nitrogen and oxygen atoms in total. The lowest BCUT2D eigenvalue weighted by atomic mass is 10.2. The number of benzene rings is 1. The topological polar surface area (TPSA) is 111 Å². The van der Waals surface area contributed by atoms with Crippen molar-refractivity contribution in [2.45, 2.75) is 5.75 Å². The predicted molar refractivity (Wildman–Crippen MR) is 64.8 cm³/mol. The molecule has 0 atom stereocenters. The molecule has 90 valence electrons. The fourth-order valence-corrected chi connectivity index (χ4v) is 3.02. The van der Waals surface area contributed by atoms with E-state index in [4.69, 9.17) is 5.73 Å². The van der Waals surface area contributed by atoms with Crippen LogP contribution in [0.4, 0.5) is 10.8 Å². The van der Waals surface area contributed by atoms with Gasteiger partial charge in [-0.05, 0) is 16.8 Å². The van der Waals surface area contributed by atoms with E-state index >= 15 is 0 Å². The molecule has 1 aromatic heterocycles. The molecule has 9 heteroatoms. The summed E-state index contributed by atoms with van der Waals surface area (Å²) in [5.41, 5.74) is 6.65. The van der Waals surface area contributed by atoms with E-state index in [-0.39, 0.29) is 10.9 Å². The summed E-state index contributed by atoms with van der Waals surface area (Å²) in [6.45, 7) is 0. The van der Waals surface area contributed by atoms with Crippen LogP contribution < -0.4 is 10.5 Å².